The summed E-state index contributed by atoms with van der Waals surface area (Å²) in [5.41, 5.74) is 2.49. The summed E-state index contributed by atoms with van der Waals surface area (Å²) in [6.07, 6.45) is 3.44. The van der Waals surface area contributed by atoms with Gasteiger partial charge in [-0.05, 0) is 62.1 Å². The number of furan rings is 1. The number of amides is 1. The number of aromatic nitrogens is 1. The van der Waals surface area contributed by atoms with Gasteiger partial charge in [0.2, 0.25) is 0 Å². The van der Waals surface area contributed by atoms with Crippen molar-refractivity contribution in [3.05, 3.63) is 76.4 Å². The number of fused-ring (bicyclic) bond motifs is 1. The molecule has 1 fully saturated rings. The lowest BCUT2D eigenvalue weighted by molar-refractivity contribution is 0.0603. The first-order valence-corrected chi connectivity index (χ1v) is 11.8. The fourth-order valence-corrected chi connectivity index (χ4v) is 5.44. The second-order valence-electron chi connectivity index (χ2n) is 8.31. The van der Waals surface area contributed by atoms with Crippen LogP contribution < -0.4 is 0 Å². The molecule has 1 aliphatic heterocycles. The number of carbonyl (C=O) groups excluding carboxylic acids is 1. The van der Waals surface area contributed by atoms with Gasteiger partial charge in [-0.3, -0.25) is 4.79 Å². The smallest absolute Gasteiger partial charge is 0.274 e. The number of rotatable bonds is 4. The average molecular weight is 460 g/mol. The van der Waals surface area contributed by atoms with Gasteiger partial charge in [0.15, 0.2) is 0 Å². The van der Waals surface area contributed by atoms with Crippen LogP contribution in [-0.4, -0.2) is 28.4 Å². The third-order valence-corrected chi connectivity index (χ3v) is 7.12. The molecule has 1 atom stereocenters. The van der Waals surface area contributed by atoms with Crippen LogP contribution >= 0.6 is 11.3 Å². The molecule has 0 saturated carbocycles. The summed E-state index contributed by atoms with van der Waals surface area (Å²) in [7, 11) is 0. The fraction of sp³-hybridized carbons (Fsp3) is 0.269. The zero-order chi connectivity index (χ0) is 22.9. The molecule has 5 nitrogen and oxygen atoms in total. The monoisotopic (exact) mass is 459 g/mol. The van der Waals surface area contributed by atoms with Gasteiger partial charge in [-0.2, -0.15) is 5.26 Å². The Labute approximate surface area is 195 Å². The average Bonchev–Trinajstić information content (AvgIpc) is 3.42. The van der Waals surface area contributed by atoms with Gasteiger partial charge < -0.3 is 9.32 Å². The first kappa shape index (κ1) is 21.4. The van der Waals surface area contributed by atoms with Gasteiger partial charge >= 0.3 is 0 Å². The van der Waals surface area contributed by atoms with E-state index in [2.05, 4.69) is 11.1 Å². The minimum Gasteiger partial charge on any atom is -0.461 e. The zero-order valence-electron chi connectivity index (χ0n) is 18.2. The Balaban J connectivity index is 1.44. The predicted octanol–water partition coefficient (Wildman–Crippen LogP) is 6.11. The molecular formula is C26H22FN3O2S. The van der Waals surface area contributed by atoms with Gasteiger partial charge in [0.25, 0.3) is 5.91 Å². The Kier molecular flexibility index (Phi) is 5.69. The highest BCUT2D eigenvalue weighted by atomic mass is 32.1. The van der Waals surface area contributed by atoms with Gasteiger partial charge in [-0.25, -0.2) is 9.37 Å². The van der Waals surface area contributed by atoms with E-state index in [0.29, 0.717) is 29.8 Å². The fourth-order valence-electron chi connectivity index (χ4n) is 4.53. The standard InChI is InChI=1S/C26H22FN3O2S/c1-16-29-24(25(33-16)17-8-10-19(27)11-9-17)26(31)30-12-3-2-6-20(30)13-21-14-22-18(15-28)5-4-7-23(22)32-21/h4-5,7-11,14,20H,2-3,6,12-13H2,1H3. The molecule has 7 heteroatoms. The van der Waals surface area contributed by atoms with Crippen LogP contribution in [0.5, 0.6) is 0 Å². The summed E-state index contributed by atoms with van der Waals surface area (Å²) in [6, 6.07) is 15.7. The number of halogens is 1. The number of hydrogen-bond donors (Lipinski definition) is 0. The van der Waals surface area contributed by atoms with E-state index < -0.39 is 0 Å². The predicted molar refractivity (Wildman–Crippen MR) is 126 cm³/mol. The molecule has 2 aromatic carbocycles. The quantitative estimate of drug-likeness (QED) is 0.369. The summed E-state index contributed by atoms with van der Waals surface area (Å²) < 4.78 is 19.4. The van der Waals surface area contributed by atoms with Gasteiger partial charge in [0.1, 0.15) is 22.9 Å². The van der Waals surface area contributed by atoms with Crippen LogP contribution in [0, 0.1) is 24.1 Å². The summed E-state index contributed by atoms with van der Waals surface area (Å²) >= 11 is 1.45. The number of nitriles is 1. The first-order chi connectivity index (χ1) is 16.0. The molecule has 1 saturated heterocycles. The Morgan fingerprint density at radius 1 is 1.27 bits per heavy atom. The molecular weight excluding hydrogens is 437 g/mol. The molecule has 0 bridgehead atoms. The number of carbonyl (C=O) groups is 1. The van der Waals surface area contributed by atoms with Crippen LogP contribution in [0.3, 0.4) is 0 Å². The second kappa shape index (κ2) is 8.80. The van der Waals surface area contributed by atoms with Crippen LogP contribution in [0.1, 0.15) is 46.1 Å². The third-order valence-electron chi connectivity index (χ3n) is 6.10. The lowest BCUT2D eigenvalue weighted by Crippen LogP contribution is -2.45. The molecule has 1 aliphatic rings. The van der Waals surface area contributed by atoms with E-state index >= 15 is 0 Å². The third kappa shape index (κ3) is 4.14. The van der Waals surface area contributed by atoms with Crippen molar-refractivity contribution in [2.45, 2.75) is 38.6 Å². The van der Waals surface area contributed by atoms with Crippen molar-refractivity contribution in [3.8, 4) is 16.5 Å². The van der Waals surface area contributed by atoms with Crippen molar-refractivity contribution in [1.29, 1.82) is 5.26 Å². The van der Waals surface area contributed by atoms with E-state index in [1.165, 1.54) is 23.5 Å². The maximum atomic E-state index is 13.7. The minimum atomic E-state index is -0.311. The summed E-state index contributed by atoms with van der Waals surface area (Å²) in [4.78, 5) is 20.9. The SMILES string of the molecule is Cc1nc(C(=O)N2CCCCC2Cc2cc3c(C#N)cccc3o2)c(-c2ccc(F)cc2)s1. The van der Waals surface area contributed by atoms with Crippen molar-refractivity contribution < 1.29 is 13.6 Å². The van der Waals surface area contributed by atoms with Gasteiger partial charge in [-0.15, -0.1) is 11.3 Å². The molecule has 166 valence electrons. The zero-order valence-corrected chi connectivity index (χ0v) is 19.0. The number of nitrogens with zero attached hydrogens (tertiary/aromatic N) is 3. The number of benzene rings is 2. The molecule has 0 radical (unpaired) electrons. The van der Waals surface area contributed by atoms with E-state index in [9.17, 15) is 14.4 Å². The van der Waals surface area contributed by atoms with Crippen molar-refractivity contribution in [2.24, 2.45) is 0 Å². The number of hydrogen-bond acceptors (Lipinski definition) is 5. The summed E-state index contributed by atoms with van der Waals surface area (Å²) in [6.45, 7) is 2.54. The number of piperidine rings is 1. The Morgan fingerprint density at radius 3 is 2.88 bits per heavy atom. The highest BCUT2D eigenvalue weighted by molar-refractivity contribution is 7.15. The van der Waals surface area contributed by atoms with Crippen LogP contribution in [0.15, 0.2) is 52.9 Å². The normalized spacial score (nSPS) is 16.2. The number of thiazole rings is 1. The molecule has 3 heterocycles. The molecule has 1 unspecified atom stereocenters. The number of aryl methyl sites for hydroxylation is 1. The summed E-state index contributed by atoms with van der Waals surface area (Å²) in [5, 5.41) is 11.0. The Morgan fingerprint density at radius 2 is 2.09 bits per heavy atom. The van der Waals surface area contributed by atoms with Crippen LogP contribution in [0.25, 0.3) is 21.4 Å². The molecule has 5 rings (SSSR count). The number of likely N-dealkylation sites (tertiary alicyclic amines) is 1. The van der Waals surface area contributed by atoms with Crippen LogP contribution in [0.4, 0.5) is 4.39 Å². The first-order valence-electron chi connectivity index (χ1n) is 11.0. The Bertz CT molecular complexity index is 1370. The maximum Gasteiger partial charge on any atom is 0.274 e. The van der Waals surface area contributed by atoms with E-state index in [1.807, 2.05) is 30.0 Å². The summed E-state index contributed by atoms with van der Waals surface area (Å²) in [5.74, 6) is 0.358. The van der Waals surface area contributed by atoms with Gasteiger partial charge in [-0.1, -0.05) is 18.2 Å². The topological polar surface area (TPSA) is 70.1 Å². The van der Waals surface area contributed by atoms with Gasteiger partial charge in [0, 0.05) is 24.4 Å². The van der Waals surface area contributed by atoms with E-state index in [1.54, 1.807) is 18.2 Å². The molecule has 1 amide bonds. The van der Waals surface area contributed by atoms with E-state index in [4.69, 9.17) is 4.42 Å². The minimum absolute atomic E-state index is 0.0135. The largest absolute Gasteiger partial charge is 0.461 e. The van der Waals surface area contributed by atoms with Crippen molar-refractivity contribution in [3.63, 3.8) is 0 Å². The molecule has 0 spiro atoms. The van der Waals surface area contributed by atoms with Crippen LogP contribution in [0.2, 0.25) is 0 Å². The molecule has 2 aromatic heterocycles. The highest BCUT2D eigenvalue weighted by Gasteiger charge is 2.31. The van der Waals surface area contributed by atoms with Gasteiger partial charge in [0.05, 0.1) is 21.5 Å². The Hall–Kier alpha value is -3.50. The molecule has 4 aromatic rings. The lowest BCUT2D eigenvalue weighted by atomic mass is 9.97. The van der Waals surface area contributed by atoms with E-state index in [-0.39, 0.29) is 17.8 Å². The highest BCUT2D eigenvalue weighted by Crippen LogP contribution is 2.33. The lowest BCUT2D eigenvalue weighted by Gasteiger charge is -2.35. The van der Waals surface area contributed by atoms with Crippen molar-refractivity contribution in [1.82, 2.24) is 9.88 Å². The molecule has 0 aliphatic carbocycles. The van der Waals surface area contributed by atoms with E-state index in [0.717, 1.165) is 45.9 Å². The molecule has 33 heavy (non-hydrogen) atoms. The van der Waals surface area contributed by atoms with Crippen molar-refractivity contribution in [2.75, 3.05) is 6.54 Å². The second-order valence-corrected chi connectivity index (χ2v) is 9.51. The van der Waals surface area contributed by atoms with Crippen LogP contribution in [-0.2, 0) is 6.42 Å². The molecule has 0 N–H and O–H groups in total. The van der Waals surface area contributed by atoms with Crippen molar-refractivity contribution >= 4 is 28.2 Å². The maximum absolute atomic E-state index is 13.7.